The van der Waals surface area contributed by atoms with Crippen LogP contribution in [0.4, 0.5) is 0 Å². The molecule has 2 aromatic rings. The molecule has 3 nitrogen and oxygen atoms in total. The summed E-state index contributed by atoms with van der Waals surface area (Å²) < 4.78 is 5.60. The van der Waals surface area contributed by atoms with Gasteiger partial charge in [-0.1, -0.05) is 31.3 Å². The fourth-order valence-electron chi connectivity index (χ4n) is 2.64. The average Bonchev–Trinajstić information content (AvgIpc) is 2.91. The summed E-state index contributed by atoms with van der Waals surface area (Å²) in [6.45, 7) is 8.34. The van der Waals surface area contributed by atoms with Gasteiger partial charge in [0.1, 0.15) is 6.26 Å². The molecule has 0 N–H and O–H groups in total. The highest BCUT2D eigenvalue weighted by molar-refractivity contribution is 6.77. The summed E-state index contributed by atoms with van der Waals surface area (Å²) in [6.07, 6.45) is 1.81. The molecule has 1 fully saturated rings. The second-order valence-corrected chi connectivity index (χ2v) is 11.8. The second-order valence-electron chi connectivity index (χ2n) is 6.45. The highest BCUT2D eigenvalue weighted by Crippen LogP contribution is 2.24. The monoisotopic (exact) mass is 286 g/mol. The van der Waals surface area contributed by atoms with Gasteiger partial charge in [-0.3, -0.25) is 4.90 Å². The third-order valence-electron chi connectivity index (χ3n) is 4.17. The lowest BCUT2D eigenvalue weighted by molar-refractivity contribution is 0.278. The van der Waals surface area contributed by atoms with Gasteiger partial charge in [0, 0.05) is 20.2 Å². The van der Waals surface area contributed by atoms with Crippen LogP contribution in [-0.2, 0) is 6.54 Å². The van der Waals surface area contributed by atoms with E-state index in [1.54, 1.807) is 6.26 Å². The van der Waals surface area contributed by atoms with Crippen molar-refractivity contribution in [3.63, 3.8) is 0 Å². The van der Waals surface area contributed by atoms with Crippen molar-refractivity contribution in [2.45, 2.75) is 31.7 Å². The van der Waals surface area contributed by atoms with E-state index < -0.39 is 8.07 Å². The third-order valence-corrected chi connectivity index (χ3v) is 7.32. The van der Waals surface area contributed by atoms with Crippen molar-refractivity contribution in [1.29, 1.82) is 0 Å². The van der Waals surface area contributed by atoms with Gasteiger partial charge in [-0.25, -0.2) is 4.98 Å². The third kappa shape index (κ3) is 3.19. The van der Waals surface area contributed by atoms with Crippen LogP contribution in [0.2, 0.25) is 25.2 Å². The summed E-state index contributed by atoms with van der Waals surface area (Å²) in [5, 5.41) is 0. The predicted molar refractivity (Wildman–Crippen MR) is 84.3 cm³/mol. The van der Waals surface area contributed by atoms with Crippen LogP contribution in [0.3, 0.4) is 0 Å². The summed E-state index contributed by atoms with van der Waals surface area (Å²) in [5.74, 6) is 0.729. The number of nitrogens with zero attached hydrogens (tertiary/aromatic N) is 2. The van der Waals surface area contributed by atoms with Crippen LogP contribution >= 0.6 is 0 Å². The van der Waals surface area contributed by atoms with Gasteiger partial charge in [-0.15, -0.1) is 0 Å². The Morgan fingerprint density at radius 3 is 2.55 bits per heavy atom. The van der Waals surface area contributed by atoms with Gasteiger partial charge in [-0.2, -0.15) is 0 Å². The SMILES string of the molecule is C[Si]1(C)CCN(Cc2coc(-c3ccccc3)n2)CC1. The zero-order valence-corrected chi connectivity index (χ0v) is 13.3. The standard InChI is InChI=1S/C16H22N2OSi/c1-20(2)10-8-18(9-11-20)12-15-13-19-16(17-15)14-6-4-3-5-7-14/h3-7,13H,8-12H2,1-2H3. The topological polar surface area (TPSA) is 29.3 Å². The molecule has 1 saturated heterocycles. The van der Waals surface area contributed by atoms with Crippen LogP contribution in [-0.4, -0.2) is 31.0 Å². The maximum absolute atomic E-state index is 5.60. The van der Waals surface area contributed by atoms with Crippen molar-refractivity contribution in [3.8, 4) is 11.5 Å². The average molecular weight is 286 g/mol. The van der Waals surface area contributed by atoms with Crippen LogP contribution in [0.1, 0.15) is 5.69 Å². The number of aromatic nitrogens is 1. The Kier molecular flexibility index (Phi) is 3.76. The quantitative estimate of drug-likeness (QED) is 0.802. The molecule has 1 aliphatic heterocycles. The molecule has 0 spiro atoms. The molecule has 0 amide bonds. The fourth-order valence-corrected chi connectivity index (χ4v) is 4.73. The minimum Gasteiger partial charge on any atom is -0.444 e. The van der Waals surface area contributed by atoms with Crippen LogP contribution < -0.4 is 0 Å². The van der Waals surface area contributed by atoms with E-state index in [1.807, 2.05) is 30.3 Å². The molecule has 0 bridgehead atoms. The number of hydrogen-bond donors (Lipinski definition) is 0. The Hall–Kier alpha value is -1.39. The van der Waals surface area contributed by atoms with Gasteiger partial charge in [0.05, 0.1) is 5.69 Å². The van der Waals surface area contributed by atoms with Crippen LogP contribution in [0.5, 0.6) is 0 Å². The van der Waals surface area contributed by atoms with Gasteiger partial charge in [0.15, 0.2) is 0 Å². The van der Waals surface area contributed by atoms with Gasteiger partial charge in [0.25, 0.3) is 0 Å². The Bertz CT molecular complexity index is 555. The summed E-state index contributed by atoms with van der Waals surface area (Å²) >= 11 is 0. The molecule has 3 rings (SSSR count). The van der Waals surface area contributed by atoms with Crippen molar-refractivity contribution < 1.29 is 4.42 Å². The summed E-state index contributed by atoms with van der Waals surface area (Å²) in [4.78, 5) is 7.12. The molecule has 0 atom stereocenters. The normalized spacial score (nSPS) is 19.1. The molecule has 106 valence electrons. The van der Waals surface area contributed by atoms with Crippen LogP contribution in [0.15, 0.2) is 41.0 Å². The fraction of sp³-hybridized carbons (Fsp3) is 0.438. The first-order valence-corrected chi connectivity index (χ1v) is 10.8. The molecule has 20 heavy (non-hydrogen) atoms. The van der Waals surface area contributed by atoms with Crippen molar-refractivity contribution in [3.05, 3.63) is 42.3 Å². The smallest absolute Gasteiger partial charge is 0.226 e. The number of rotatable bonds is 3. The first-order valence-electron chi connectivity index (χ1n) is 7.35. The molecule has 4 heteroatoms. The minimum atomic E-state index is -0.882. The van der Waals surface area contributed by atoms with Crippen LogP contribution in [0, 0.1) is 0 Å². The number of oxazole rings is 1. The van der Waals surface area contributed by atoms with Crippen molar-refractivity contribution in [1.82, 2.24) is 9.88 Å². The van der Waals surface area contributed by atoms with E-state index >= 15 is 0 Å². The van der Waals surface area contributed by atoms with E-state index in [1.165, 1.54) is 25.2 Å². The van der Waals surface area contributed by atoms with E-state index in [-0.39, 0.29) is 0 Å². The van der Waals surface area contributed by atoms with E-state index in [9.17, 15) is 0 Å². The molecule has 0 saturated carbocycles. The second kappa shape index (κ2) is 5.54. The molecule has 0 radical (unpaired) electrons. The molecule has 1 aromatic carbocycles. The molecular weight excluding hydrogens is 264 g/mol. The highest BCUT2D eigenvalue weighted by atomic mass is 28.3. The molecular formula is C16H22N2OSi. The van der Waals surface area contributed by atoms with E-state index in [2.05, 4.69) is 23.0 Å². The number of benzene rings is 1. The van der Waals surface area contributed by atoms with Crippen molar-refractivity contribution in [2.75, 3.05) is 13.1 Å². The largest absolute Gasteiger partial charge is 0.444 e. The Labute approximate surface area is 121 Å². The van der Waals surface area contributed by atoms with Gasteiger partial charge < -0.3 is 4.42 Å². The Morgan fingerprint density at radius 1 is 1.15 bits per heavy atom. The van der Waals surface area contributed by atoms with Crippen molar-refractivity contribution in [2.24, 2.45) is 0 Å². The van der Waals surface area contributed by atoms with Gasteiger partial charge >= 0.3 is 0 Å². The summed E-state index contributed by atoms with van der Waals surface area (Å²) in [5.41, 5.74) is 2.09. The number of hydrogen-bond acceptors (Lipinski definition) is 3. The van der Waals surface area contributed by atoms with Gasteiger partial charge in [-0.05, 0) is 37.3 Å². The Morgan fingerprint density at radius 2 is 1.85 bits per heavy atom. The predicted octanol–water partition coefficient (Wildman–Crippen LogP) is 3.87. The maximum atomic E-state index is 5.60. The first kappa shape index (κ1) is 13.6. The lowest BCUT2D eigenvalue weighted by Crippen LogP contribution is -2.42. The minimum absolute atomic E-state index is 0.729. The molecule has 1 aromatic heterocycles. The van der Waals surface area contributed by atoms with Crippen molar-refractivity contribution >= 4 is 8.07 Å². The Balaban J connectivity index is 1.64. The first-order chi connectivity index (χ1) is 9.62. The lowest BCUT2D eigenvalue weighted by atomic mass is 10.2. The molecule has 1 aliphatic rings. The lowest BCUT2D eigenvalue weighted by Gasteiger charge is -2.35. The van der Waals surface area contributed by atoms with Gasteiger partial charge in [0.2, 0.25) is 5.89 Å². The summed E-state index contributed by atoms with van der Waals surface area (Å²) in [6, 6.07) is 12.9. The summed E-state index contributed by atoms with van der Waals surface area (Å²) in [7, 11) is -0.882. The van der Waals surface area contributed by atoms with E-state index in [4.69, 9.17) is 4.42 Å². The van der Waals surface area contributed by atoms with Crippen LogP contribution in [0.25, 0.3) is 11.5 Å². The zero-order valence-electron chi connectivity index (χ0n) is 12.3. The van der Waals surface area contributed by atoms with E-state index in [0.717, 1.165) is 23.7 Å². The zero-order chi connectivity index (χ0) is 14.0. The molecule has 0 unspecified atom stereocenters. The molecule has 0 aliphatic carbocycles. The van der Waals surface area contributed by atoms with E-state index in [0.29, 0.717) is 0 Å². The maximum Gasteiger partial charge on any atom is 0.226 e. The molecule has 2 heterocycles. The highest BCUT2D eigenvalue weighted by Gasteiger charge is 2.27.